The van der Waals surface area contributed by atoms with Crippen LogP contribution in [-0.2, 0) is 0 Å². The van der Waals surface area contributed by atoms with E-state index in [9.17, 15) is 0 Å². The Morgan fingerprint density at radius 1 is 1.38 bits per heavy atom. The second-order valence-corrected chi connectivity index (χ2v) is 4.72. The molecule has 2 rings (SSSR count). The third-order valence-electron chi connectivity index (χ3n) is 3.22. The Hall–Kier alpha value is -0.870. The van der Waals surface area contributed by atoms with Crippen LogP contribution in [0.15, 0.2) is 12.3 Å². The van der Waals surface area contributed by atoms with E-state index in [0.717, 1.165) is 18.7 Å². The third-order valence-corrected chi connectivity index (χ3v) is 3.40. The molecule has 1 heterocycles. The van der Waals surface area contributed by atoms with Gasteiger partial charge in [0.25, 0.3) is 0 Å². The van der Waals surface area contributed by atoms with Crippen LogP contribution >= 0.6 is 11.6 Å². The Balaban J connectivity index is 2.11. The van der Waals surface area contributed by atoms with E-state index >= 15 is 0 Å². The van der Waals surface area contributed by atoms with Crippen molar-refractivity contribution in [1.29, 1.82) is 0 Å². The number of nitrogens with zero attached hydrogens (tertiary/aromatic N) is 2. The lowest BCUT2D eigenvalue weighted by Crippen LogP contribution is -2.47. The highest BCUT2D eigenvalue weighted by atomic mass is 35.5. The minimum atomic E-state index is -0.00404. The molecule has 0 aliphatic heterocycles. The van der Waals surface area contributed by atoms with Crippen molar-refractivity contribution < 1.29 is 0 Å². The van der Waals surface area contributed by atoms with Gasteiger partial charge in [0.05, 0.1) is 5.54 Å². The molecule has 3 N–H and O–H groups in total. The maximum Gasteiger partial charge on any atom is 0.224 e. The topological polar surface area (TPSA) is 63.8 Å². The van der Waals surface area contributed by atoms with Crippen LogP contribution in [0.3, 0.4) is 0 Å². The van der Waals surface area contributed by atoms with Gasteiger partial charge in [-0.3, -0.25) is 0 Å². The second kappa shape index (κ2) is 4.97. The number of aromatic nitrogens is 2. The van der Waals surface area contributed by atoms with Crippen LogP contribution in [0, 0.1) is 0 Å². The minimum absolute atomic E-state index is 0.00404. The van der Waals surface area contributed by atoms with E-state index in [1.54, 1.807) is 6.20 Å². The van der Waals surface area contributed by atoms with Crippen molar-refractivity contribution in [3.8, 4) is 0 Å². The van der Waals surface area contributed by atoms with E-state index in [1.165, 1.54) is 19.3 Å². The molecule has 88 valence electrons. The predicted octanol–water partition coefficient (Wildman–Crippen LogP) is 2.20. The standard InChI is InChI=1S/C11H17ClN4/c12-10-14-7-4-9(15-10)16-11(8-13)5-2-1-3-6-11/h4,7H,1-3,5-6,8,13H2,(H,14,15,16). The Morgan fingerprint density at radius 3 is 2.75 bits per heavy atom. The summed E-state index contributed by atoms with van der Waals surface area (Å²) < 4.78 is 0. The van der Waals surface area contributed by atoms with Gasteiger partial charge in [0.2, 0.25) is 5.28 Å². The van der Waals surface area contributed by atoms with Gasteiger partial charge in [-0.2, -0.15) is 0 Å². The van der Waals surface area contributed by atoms with Gasteiger partial charge in [0.15, 0.2) is 0 Å². The highest BCUT2D eigenvalue weighted by molar-refractivity contribution is 6.28. The van der Waals surface area contributed by atoms with Gasteiger partial charge in [0.1, 0.15) is 5.82 Å². The highest BCUT2D eigenvalue weighted by Crippen LogP contribution is 2.30. The molecule has 0 aromatic carbocycles. The van der Waals surface area contributed by atoms with E-state index in [1.807, 2.05) is 6.07 Å². The van der Waals surface area contributed by atoms with Gasteiger partial charge in [-0.15, -0.1) is 0 Å². The fourth-order valence-corrected chi connectivity index (χ4v) is 2.43. The summed E-state index contributed by atoms with van der Waals surface area (Å²) in [5, 5.41) is 3.70. The maximum atomic E-state index is 5.89. The number of rotatable bonds is 3. The van der Waals surface area contributed by atoms with Crippen LogP contribution in [0.2, 0.25) is 5.28 Å². The molecule has 0 bridgehead atoms. The lowest BCUT2D eigenvalue weighted by Gasteiger charge is -2.37. The van der Waals surface area contributed by atoms with E-state index in [4.69, 9.17) is 17.3 Å². The van der Waals surface area contributed by atoms with E-state index in [2.05, 4.69) is 15.3 Å². The number of hydrogen-bond acceptors (Lipinski definition) is 4. The number of nitrogens with one attached hydrogen (secondary N) is 1. The first-order chi connectivity index (χ1) is 7.74. The molecule has 0 spiro atoms. The van der Waals surface area contributed by atoms with Crippen molar-refractivity contribution in [1.82, 2.24) is 9.97 Å². The Bertz CT molecular complexity index is 350. The maximum absolute atomic E-state index is 5.89. The summed E-state index contributed by atoms with van der Waals surface area (Å²) >= 11 is 5.76. The van der Waals surface area contributed by atoms with Crippen molar-refractivity contribution >= 4 is 17.4 Å². The van der Waals surface area contributed by atoms with Crippen LogP contribution < -0.4 is 11.1 Å². The molecule has 16 heavy (non-hydrogen) atoms. The summed E-state index contributed by atoms with van der Waals surface area (Å²) in [7, 11) is 0. The van der Waals surface area contributed by atoms with Crippen molar-refractivity contribution in [3.05, 3.63) is 17.5 Å². The minimum Gasteiger partial charge on any atom is -0.363 e. The Labute approximate surface area is 101 Å². The molecule has 1 saturated carbocycles. The molecule has 0 unspecified atom stereocenters. The molecule has 0 amide bonds. The summed E-state index contributed by atoms with van der Waals surface area (Å²) in [5.41, 5.74) is 5.88. The molecule has 4 nitrogen and oxygen atoms in total. The van der Waals surface area contributed by atoms with Gasteiger partial charge in [-0.1, -0.05) is 19.3 Å². The molecule has 1 aliphatic carbocycles. The summed E-state index contributed by atoms with van der Waals surface area (Å²) in [5.74, 6) is 0.771. The summed E-state index contributed by atoms with van der Waals surface area (Å²) in [6.07, 6.45) is 7.61. The van der Waals surface area contributed by atoms with Crippen LogP contribution in [0.25, 0.3) is 0 Å². The fourth-order valence-electron chi connectivity index (χ4n) is 2.28. The van der Waals surface area contributed by atoms with Gasteiger partial charge < -0.3 is 11.1 Å². The first-order valence-electron chi connectivity index (χ1n) is 5.71. The molecule has 0 atom stereocenters. The monoisotopic (exact) mass is 240 g/mol. The van der Waals surface area contributed by atoms with Crippen molar-refractivity contribution in [2.24, 2.45) is 5.73 Å². The molecular weight excluding hydrogens is 224 g/mol. The summed E-state index contributed by atoms with van der Waals surface area (Å²) in [4.78, 5) is 8.01. The first-order valence-corrected chi connectivity index (χ1v) is 6.09. The average Bonchev–Trinajstić information content (AvgIpc) is 2.30. The van der Waals surface area contributed by atoms with E-state index in [-0.39, 0.29) is 10.8 Å². The molecule has 1 aromatic heterocycles. The van der Waals surface area contributed by atoms with Crippen molar-refractivity contribution in [2.45, 2.75) is 37.6 Å². The Kier molecular flexibility index (Phi) is 3.61. The largest absolute Gasteiger partial charge is 0.363 e. The smallest absolute Gasteiger partial charge is 0.224 e. The van der Waals surface area contributed by atoms with Crippen LogP contribution in [-0.4, -0.2) is 22.1 Å². The normalized spacial score (nSPS) is 19.4. The molecule has 1 aromatic rings. The van der Waals surface area contributed by atoms with Gasteiger partial charge in [0, 0.05) is 12.7 Å². The average molecular weight is 241 g/mol. The number of anilines is 1. The van der Waals surface area contributed by atoms with Crippen LogP contribution in [0.5, 0.6) is 0 Å². The summed E-state index contributed by atoms with van der Waals surface area (Å²) in [6, 6.07) is 1.83. The van der Waals surface area contributed by atoms with E-state index < -0.39 is 0 Å². The zero-order valence-electron chi connectivity index (χ0n) is 9.25. The zero-order valence-corrected chi connectivity index (χ0v) is 10.0. The number of halogens is 1. The van der Waals surface area contributed by atoms with Gasteiger partial charge >= 0.3 is 0 Å². The number of hydrogen-bond donors (Lipinski definition) is 2. The molecule has 0 saturated heterocycles. The zero-order chi connectivity index (χ0) is 11.4. The van der Waals surface area contributed by atoms with Crippen LogP contribution in [0.1, 0.15) is 32.1 Å². The van der Waals surface area contributed by atoms with Crippen molar-refractivity contribution in [3.63, 3.8) is 0 Å². The molecule has 1 aliphatic rings. The molecule has 0 radical (unpaired) electrons. The SMILES string of the molecule is NCC1(Nc2ccnc(Cl)n2)CCCCC1. The first kappa shape index (κ1) is 11.6. The highest BCUT2D eigenvalue weighted by Gasteiger charge is 2.30. The molecule has 5 heteroatoms. The number of nitrogens with two attached hydrogens (primary N) is 1. The third kappa shape index (κ3) is 2.62. The van der Waals surface area contributed by atoms with E-state index in [0.29, 0.717) is 6.54 Å². The summed E-state index contributed by atoms with van der Waals surface area (Å²) in [6.45, 7) is 0.634. The molecular formula is C11H17ClN4. The molecule has 1 fully saturated rings. The van der Waals surface area contributed by atoms with Crippen molar-refractivity contribution in [2.75, 3.05) is 11.9 Å². The lowest BCUT2D eigenvalue weighted by atomic mass is 9.82. The predicted molar refractivity (Wildman–Crippen MR) is 65.5 cm³/mol. The van der Waals surface area contributed by atoms with Crippen LogP contribution in [0.4, 0.5) is 5.82 Å². The second-order valence-electron chi connectivity index (χ2n) is 4.38. The Morgan fingerprint density at radius 2 is 2.12 bits per heavy atom. The van der Waals surface area contributed by atoms with Gasteiger partial charge in [-0.05, 0) is 30.5 Å². The fraction of sp³-hybridized carbons (Fsp3) is 0.636. The van der Waals surface area contributed by atoms with Gasteiger partial charge in [-0.25, -0.2) is 9.97 Å². The lowest BCUT2D eigenvalue weighted by molar-refractivity contribution is 0.330. The quantitative estimate of drug-likeness (QED) is 0.796.